The third-order valence-corrected chi connectivity index (χ3v) is 2.74. The molecule has 4 nitrogen and oxygen atoms in total. The molecule has 0 aliphatic rings. The number of nitrogens with zero attached hydrogens (tertiary/aromatic N) is 2. The SMILES string of the molecule is Cc1cccc(Nc2nc(Cl)ccc2N)c1C#N. The van der Waals surface area contributed by atoms with E-state index in [4.69, 9.17) is 22.6 Å². The summed E-state index contributed by atoms with van der Waals surface area (Å²) >= 11 is 5.82. The zero-order chi connectivity index (χ0) is 13.1. The number of nitrogens with one attached hydrogen (secondary N) is 1. The van der Waals surface area contributed by atoms with Crippen molar-refractivity contribution in [2.45, 2.75) is 6.92 Å². The quantitative estimate of drug-likeness (QED) is 0.811. The van der Waals surface area contributed by atoms with Crippen LogP contribution in [0, 0.1) is 18.3 Å². The Morgan fingerprint density at radius 3 is 2.83 bits per heavy atom. The van der Waals surface area contributed by atoms with Crippen molar-refractivity contribution in [1.29, 1.82) is 5.26 Å². The Balaban J connectivity index is 2.44. The lowest BCUT2D eigenvalue weighted by Crippen LogP contribution is -2.01. The second kappa shape index (κ2) is 4.94. The second-order valence-electron chi connectivity index (χ2n) is 3.81. The molecule has 1 aromatic carbocycles. The highest BCUT2D eigenvalue weighted by Crippen LogP contribution is 2.26. The van der Waals surface area contributed by atoms with Gasteiger partial charge < -0.3 is 11.1 Å². The Kier molecular flexibility index (Phi) is 3.35. The molecule has 0 saturated heterocycles. The van der Waals surface area contributed by atoms with Gasteiger partial charge in [-0.1, -0.05) is 23.7 Å². The average molecular weight is 259 g/mol. The summed E-state index contributed by atoms with van der Waals surface area (Å²) in [4.78, 5) is 4.09. The fourth-order valence-electron chi connectivity index (χ4n) is 1.59. The maximum atomic E-state index is 9.13. The first-order valence-corrected chi connectivity index (χ1v) is 5.68. The van der Waals surface area contributed by atoms with E-state index < -0.39 is 0 Å². The van der Waals surface area contributed by atoms with Crippen LogP contribution in [0.2, 0.25) is 5.15 Å². The Hall–Kier alpha value is -2.25. The Bertz CT molecular complexity index is 631. The monoisotopic (exact) mass is 258 g/mol. The number of aryl methyl sites for hydroxylation is 1. The number of hydrogen-bond donors (Lipinski definition) is 2. The summed E-state index contributed by atoms with van der Waals surface area (Å²) in [7, 11) is 0. The Labute approximate surface area is 110 Å². The predicted octanol–water partition coefficient (Wildman–Crippen LogP) is 3.24. The number of anilines is 3. The molecule has 0 radical (unpaired) electrons. The van der Waals surface area contributed by atoms with E-state index in [2.05, 4.69) is 16.4 Å². The molecule has 0 spiro atoms. The Morgan fingerprint density at radius 1 is 1.33 bits per heavy atom. The molecule has 0 atom stereocenters. The van der Waals surface area contributed by atoms with Crippen LogP contribution in [-0.4, -0.2) is 4.98 Å². The molecular formula is C13H11ClN4. The average Bonchev–Trinajstić information content (AvgIpc) is 2.34. The number of aromatic nitrogens is 1. The van der Waals surface area contributed by atoms with Crippen molar-refractivity contribution < 1.29 is 0 Å². The van der Waals surface area contributed by atoms with Gasteiger partial charge in [0.25, 0.3) is 0 Å². The molecule has 0 aliphatic carbocycles. The highest BCUT2D eigenvalue weighted by molar-refractivity contribution is 6.29. The summed E-state index contributed by atoms with van der Waals surface area (Å²) in [6, 6.07) is 11.0. The summed E-state index contributed by atoms with van der Waals surface area (Å²) in [5, 5.41) is 12.5. The van der Waals surface area contributed by atoms with Crippen LogP contribution in [0.5, 0.6) is 0 Å². The van der Waals surface area contributed by atoms with Crippen LogP contribution in [-0.2, 0) is 0 Å². The zero-order valence-corrected chi connectivity index (χ0v) is 10.5. The van der Waals surface area contributed by atoms with E-state index in [9.17, 15) is 0 Å². The number of halogens is 1. The van der Waals surface area contributed by atoms with Gasteiger partial charge >= 0.3 is 0 Å². The maximum Gasteiger partial charge on any atom is 0.155 e. The molecule has 2 aromatic rings. The summed E-state index contributed by atoms with van der Waals surface area (Å²) in [5.74, 6) is 0.449. The lowest BCUT2D eigenvalue weighted by Gasteiger charge is -2.11. The molecule has 2 rings (SSSR count). The molecule has 0 aliphatic heterocycles. The van der Waals surface area contributed by atoms with E-state index in [1.54, 1.807) is 18.2 Å². The normalized spacial score (nSPS) is 9.83. The van der Waals surface area contributed by atoms with E-state index in [1.165, 1.54) is 0 Å². The van der Waals surface area contributed by atoms with Crippen molar-refractivity contribution in [2.24, 2.45) is 0 Å². The summed E-state index contributed by atoms with van der Waals surface area (Å²) in [6.07, 6.45) is 0. The largest absolute Gasteiger partial charge is 0.396 e. The molecule has 1 aromatic heterocycles. The van der Waals surface area contributed by atoms with E-state index in [-0.39, 0.29) is 0 Å². The van der Waals surface area contributed by atoms with Gasteiger partial charge in [0.2, 0.25) is 0 Å². The first kappa shape index (κ1) is 12.2. The van der Waals surface area contributed by atoms with Crippen LogP contribution in [0.25, 0.3) is 0 Å². The molecule has 90 valence electrons. The van der Waals surface area contributed by atoms with Gasteiger partial charge in [-0.15, -0.1) is 0 Å². The molecule has 3 N–H and O–H groups in total. The van der Waals surface area contributed by atoms with Crippen LogP contribution >= 0.6 is 11.6 Å². The number of benzene rings is 1. The first-order chi connectivity index (χ1) is 8.61. The van der Waals surface area contributed by atoms with Gasteiger partial charge in [-0.25, -0.2) is 4.98 Å². The number of nitriles is 1. The topological polar surface area (TPSA) is 74.7 Å². The fraction of sp³-hybridized carbons (Fsp3) is 0.0769. The van der Waals surface area contributed by atoms with E-state index in [0.717, 1.165) is 5.56 Å². The third-order valence-electron chi connectivity index (χ3n) is 2.53. The maximum absolute atomic E-state index is 9.13. The lowest BCUT2D eigenvalue weighted by atomic mass is 10.1. The molecule has 18 heavy (non-hydrogen) atoms. The molecule has 0 amide bonds. The molecule has 0 bridgehead atoms. The number of nitrogen functional groups attached to an aromatic ring is 1. The fourth-order valence-corrected chi connectivity index (χ4v) is 1.74. The van der Waals surface area contributed by atoms with Gasteiger partial charge in [-0.3, -0.25) is 0 Å². The standard InChI is InChI=1S/C13H11ClN4/c1-8-3-2-4-11(9(8)7-15)17-13-10(16)5-6-12(14)18-13/h2-6H,16H2,1H3,(H,17,18). The van der Waals surface area contributed by atoms with Crippen LogP contribution in [0.1, 0.15) is 11.1 Å². The smallest absolute Gasteiger partial charge is 0.155 e. The minimum Gasteiger partial charge on any atom is -0.396 e. The predicted molar refractivity (Wildman–Crippen MR) is 72.8 cm³/mol. The molecular weight excluding hydrogens is 248 g/mol. The zero-order valence-electron chi connectivity index (χ0n) is 9.74. The van der Waals surface area contributed by atoms with E-state index in [1.807, 2.05) is 19.1 Å². The van der Waals surface area contributed by atoms with Crippen molar-refractivity contribution in [3.05, 3.63) is 46.6 Å². The molecule has 5 heteroatoms. The summed E-state index contributed by atoms with van der Waals surface area (Å²) in [6.45, 7) is 1.87. The van der Waals surface area contributed by atoms with Gasteiger partial charge in [0.05, 0.1) is 16.9 Å². The minimum absolute atomic E-state index is 0.345. The highest BCUT2D eigenvalue weighted by atomic mass is 35.5. The van der Waals surface area contributed by atoms with Gasteiger partial charge in [0, 0.05) is 0 Å². The highest BCUT2D eigenvalue weighted by Gasteiger charge is 2.08. The molecule has 0 unspecified atom stereocenters. The molecule has 0 fully saturated rings. The molecule has 1 heterocycles. The van der Waals surface area contributed by atoms with Gasteiger partial charge in [-0.05, 0) is 30.7 Å². The number of hydrogen-bond acceptors (Lipinski definition) is 4. The third kappa shape index (κ3) is 2.36. The minimum atomic E-state index is 0.345. The van der Waals surface area contributed by atoms with E-state index >= 15 is 0 Å². The van der Waals surface area contributed by atoms with Crippen LogP contribution < -0.4 is 11.1 Å². The van der Waals surface area contributed by atoms with Crippen LogP contribution in [0.4, 0.5) is 17.2 Å². The number of rotatable bonds is 2. The second-order valence-corrected chi connectivity index (χ2v) is 4.19. The van der Waals surface area contributed by atoms with Crippen molar-refractivity contribution in [3.63, 3.8) is 0 Å². The lowest BCUT2D eigenvalue weighted by molar-refractivity contribution is 1.30. The summed E-state index contributed by atoms with van der Waals surface area (Å²) in [5.41, 5.74) is 8.40. The number of nitrogens with two attached hydrogens (primary N) is 1. The van der Waals surface area contributed by atoms with E-state index in [0.29, 0.717) is 27.9 Å². The van der Waals surface area contributed by atoms with Crippen LogP contribution in [0.3, 0.4) is 0 Å². The van der Waals surface area contributed by atoms with Crippen molar-refractivity contribution in [1.82, 2.24) is 4.98 Å². The summed E-state index contributed by atoms with van der Waals surface area (Å²) < 4.78 is 0. The first-order valence-electron chi connectivity index (χ1n) is 5.30. The molecule has 0 saturated carbocycles. The van der Waals surface area contributed by atoms with Crippen molar-refractivity contribution in [2.75, 3.05) is 11.1 Å². The number of pyridine rings is 1. The van der Waals surface area contributed by atoms with Gasteiger partial charge in [0.15, 0.2) is 5.82 Å². The van der Waals surface area contributed by atoms with Crippen molar-refractivity contribution >= 4 is 28.8 Å². The van der Waals surface area contributed by atoms with Crippen molar-refractivity contribution in [3.8, 4) is 6.07 Å². The Morgan fingerprint density at radius 2 is 2.11 bits per heavy atom. The van der Waals surface area contributed by atoms with Gasteiger partial charge in [-0.2, -0.15) is 5.26 Å². The van der Waals surface area contributed by atoms with Crippen LogP contribution in [0.15, 0.2) is 30.3 Å². The van der Waals surface area contributed by atoms with Gasteiger partial charge in [0.1, 0.15) is 11.2 Å².